The van der Waals surface area contributed by atoms with Crippen LogP contribution in [0.5, 0.6) is 5.75 Å². The summed E-state index contributed by atoms with van der Waals surface area (Å²) in [6.07, 6.45) is 1.42. The predicted molar refractivity (Wildman–Crippen MR) is 124 cm³/mol. The largest absolute Gasteiger partial charge is 0.494 e. The van der Waals surface area contributed by atoms with Crippen LogP contribution in [0.1, 0.15) is 19.8 Å². The zero-order valence-corrected chi connectivity index (χ0v) is 19.3. The van der Waals surface area contributed by atoms with E-state index in [0.29, 0.717) is 38.4 Å². The number of piperazine rings is 1. The number of ether oxygens (including phenoxy) is 1. The van der Waals surface area contributed by atoms with Gasteiger partial charge in [0.05, 0.1) is 17.4 Å². The van der Waals surface area contributed by atoms with Gasteiger partial charge in [0, 0.05) is 45.0 Å². The minimum absolute atomic E-state index is 0.0734. The van der Waals surface area contributed by atoms with Crippen molar-refractivity contribution in [2.45, 2.75) is 24.7 Å². The van der Waals surface area contributed by atoms with Crippen LogP contribution in [0.15, 0.2) is 59.5 Å². The minimum Gasteiger partial charge on any atom is -0.494 e. The van der Waals surface area contributed by atoms with E-state index in [1.165, 1.54) is 9.99 Å². The molecule has 8 heteroatoms. The highest BCUT2D eigenvalue weighted by atomic mass is 32.2. The Bertz CT molecular complexity index is 1000. The second-order valence-corrected chi connectivity index (χ2v) is 10.2. The van der Waals surface area contributed by atoms with Crippen LogP contribution >= 0.6 is 0 Å². The van der Waals surface area contributed by atoms with Crippen LogP contribution in [-0.2, 0) is 14.8 Å². The summed E-state index contributed by atoms with van der Waals surface area (Å²) in [5.74, 6) is 0.432. The van der Waals surface area contributed by atoms with Crippen LogP contribution < -0.4 is 9.64 Å². The molecule has 172 valence electrons. The lowest BCUT2D eigenvalue weighted by Gasteiger charge is -2.39. The van der Waals surface area contributed by atoms with E-state index in [2.05, 4.69) is 17.0 Å². The molecule has 0 aliphatic carbocycles. The van der Waals surface area contributed by atoms with Gasteiger partial charge in [-0.15, -0.1) is 0 Å². The number of rotatable bonds is 6. The van der Waals surface area contributed by atoms with Gasteiger partial charge < -0.3 is 14.5 Å². The third kappa shape index (κ3) is 4.91. The summed E-state index contributed by atoms with van der Waals surface area (Å²) >= 11 is 0. The van der Waals surface area contributed by atoms with Crippen molar-refractivity contribution in [3.05, 3.63) is 54.6 Å². The van der Waals surface area contributed by atoms with E-state index in [1.54, 1.807) is 24.3 Å². The fraction of sp³-hybridized carbons (Fsp3) is 0.458. The molecule has 0 radical (unpaired) electrons. The van der Waals surface area contributed by atoms with Crippen molar-refractivity contribution >= 4 is 21.6 Å². The Kier molecular flexibility index (Phi) is 7.01. The van der Waals surface area contributed by atoms with Crippen LogP contribution in [0.25, 0.3) is 0 Å². The Balaban J connectivity index is 1.37. The maximum Gasteiger partial charge on any atom is 0.243 e. The molecule has 0 bridgehead atoms. The van der Waals surface area contributed by atoms with Gasteiger partial charge >= 0.3 is 0 Å². The number of nitrogens with zero attached hydrogens (tertiary/aromatic N) is 3. The molecule has 1 amide bonds. The SMILES string of the molecule is CCOc1ccc(S(=O)(=O)N2CCC[C@H](C(=O)N3CCN(c4ccccc4)CC3)C2)cc1. The monoisotopic (exact) mass is 457 g/mol. The fourth-order valence-electron chi connectivity index (χ4n) is 4.47. The molecule has 2 aliphatic heterocycles. The first-order valence-electron chi connectivity index (χ1n) is 11.3. The van der Waals surface area contributed by atoms with Gasteiger partial charge in [0.15, 0.2) is 0 Å². The lowest BCUT2D eigenvalue weighted by atomic mass is 9.97. The van der Waals surface area contributed by atoms with E-state index in [0.717, 1.165) is 19.5 Å². The predicted octanol–water partition coefficient (Wildman–Crippen LogP) is 2.83. The number of sulfonamides is 1. The Labute approximate surface area is 190 Å². The van der Waals surface area contributed by atoms with Gasteiger partial charge in [0.2, 0.25) is 15.9 Å². The lowest BCUT2D eigenvalue weighted by molar-refractivity contribution is -0.137. The van der Waals surface area contributed by atoms with Gasteiger partial charge in [-0.05, 0) is 56.2 Å². The molecule has 1 atom stereocenters. The first kappa shape index (κ1) is 22.6. The summed E-state index contributed by atoms with van der Waals surface area (Å²) in [7, 11) is -3.64. The van der Waals surface area contributed by atoms with Gasteiger partial charge in [0.1, 0.15) is 5.75 Å². The van der Waals surface area contributed by atoms with E-state index in [-0.39, 0.29) is 23.3 Å². The molecule has 0 unspecified atom stereocenters. The smallest absolute Gasteiger partial charge is 0.243 e. The molecule has 2 fully saturated rings. The average Bonchev–Trinajstić information content (AvgIpc) is 2.85. The Hall–Kier alpha value is -2.58. The zero-order chi connectivity index (χ0) is 22.6. The van der Waals surface area contributed by atoms with Crippen LogP contribution in [0.3, 0.4) is 0 Å². The highest BCUT2D eigenvalue weighted by molar-refractivity contribution is 7.89. The first-order chi connectivity index (χ1) is 15.5. The molecule has 2 aromatic carbocycles. The highest BCUT2D eigenvalue weighted by Gasteiger charge is 2.35. The van der Waals surface area contributed by atoms with Crippen molar-refractivity contribution in [2.75, 3.05) is 50.8 Å². The highest BCUT2D eigenvalue weighted by Crippen LogP contribution is 2.27. The number of anilines is 1. The van der Waals surface area contributed by atoms with Gasteiger partial charge in [-0.3, -0.25) is 4.79 Å². The summed E-state index contributed by atoms with van der Waals surface area (Å²) < 4.78 is 33.2. The zero-order valence-electron chi connectivity index (χ0n) is 18.5. The quantitative estimate of drug-likeness (QED) is 0.667. The Morgan fingerprint density at radius 3 is 2.31 bits per heavy atom. The van der Waals surface area contributed by atoms with Crippen LogP contribution in [0.2, 0.25) is 0 Å². The van der Waals surface area contributed by atoms with E-state index in [1.807, 2.05) is 30.0 Å². The first-order valence-corrected chi connectivity index (χ1v) is 12.7. The molecular formula is C24H31N3O4S. The van der Waals surface area contributed by atoms with Gasteiger partial charge in [0.25, 0.3) is 0 Å². The van der Waals surface area contributed by atoms with Crippen molar-refractivity contribution in [3.8, 4) is 5.75 Å². The molecule has 0 aromatic heterocycles. The number of amides is 1. The van der Waals surface area contributed by atoms with Crippen molar-refractivity contribution < 1.29 is 17.9 Å². The summed E-state index contributed by atoms with van der Waals surface area (Å²) in [6, 6.07) is 16.7. The van der Waals surface area contributed by atoms with Crippen molar-refractivity contribution in [2.24, 2.45) is 5.92 Å². The fourth-order valence-corrected chi connectivity index (χ4v) is 5.99. The molecule has 2 aromatic rings. The molecule has 32 heavy (non-hydrogen) atoms. The number of para-hydroxylation sites is 1. The topological polar surface area (TPSA) is 70.2 Å². The van der Waals surface area contributed by atoms with Crippen molar-refractivity contribution in [1.29, 1.82) is 0 Å². The van der Waals surface area contributed by atoms with E-state index in [4.69, 9.17) is 4.74 Å². The third-order valence-corrected chi connectivity index (χ3v) is 8.10. The number of carbonyl (C=O) groups is 1. The molecule has 2 aliphatic rings. The number of carbonyl (C=O) groups excluding carboxylic acids is 1. The average molecular weight is 458 g/mol. The standard InChI is InChI=1S/C24H31N3O4S/c1-2-31-22-10-12-23(13-11-22)32(29,30)27-14-6-7-20(19-27)24(28)26-17-15-25(16-18-26)21-8-4-3-5-9-21/h3-5,8-13,20H,2,6-7,14-19H2,1H3/t20-/m0/s1. The second-order valence-electron chi connectivity index (χ2n) is 8.25. The summed E-state index contributed by atoms with van der Waals surface area (Å²) in [6.45, 7) is 6.01. The molecule has 7 nitrogen and oxygen atoms in total. The van der Waals surface area contributed by atoms with Gasteiger partial charge in [-0.25, -0.2) is 8.42 Å². The van der Waals surface area contributed by atoms with Crippen LogP contribution in [0.4, 0.5) is 5.69 Å². The van der Waals surface area contributed by atoms with Gasteiger partial charge in [-0.2, -0.15) is 4.31 Å². The molecule has 4 rings (SSSR count). The maximum absolute atomic E-state index is 13.2. The normalized spacial score (nSPS) is 20.2. The van der Waals surface area contributed by atoms with Gasteiger partial charge in [-0.1, -0.05) is 18.2 Å². The molecule has 2 heterocycles. The Morgan fingerprint density at radius 2 is 1.66 bits per heavy atom. The van der Waals surface area contributed by atoms with Crippen molar-refractivity contribution in [3.63, 3.8) is 0 Å². The Morgan fingerprint density at radius 1 is 0.969 bits per heavy atom. The molecule has 0 saturated carbocycles. The lowest BCUT2D eigenvalue weighted by Crippen LogP contribution is -2.53. The molecule has 0 spiro atoms. The molecular weight excluding hydrogens is 426 g/mol. The maximum atomic E-state index is 13.2. The summed E-state index contributed by atoms with van der Waals surface area (Å²) in [4.78, 5) is 17.6. The molecule has 2 saturated heterocycles. The number of benzene rings is 2. The van der Waals surface area contributed by atoms with E-state index < -0.39 is 10.0 Å². The number of hydrogen-bond acceptors (Lipinski definition) is 5. The van der Waals surface area contributed by atoms with Crippen LogP contribution in [-0.4, -0.2) is 69.4 Å². The van der Waals surface area contributed by atoms with Crippen LogP contribution in [0, 0.1) is 5.92 Å². The molecule has 0 N–H and O–H groups in total. The van der Waals surface area contributed by atoms with Crippen molar-refractivity contribution in [1.82, 2.24) is 9.21 Å². The number of piperidine rings is 1. The summed E-state index contributed by atoms with van der Waals surface area (Å²) in [5, 5.41) is 0. The number of hydrogen-bond donors (Lipinski definition) is 0. The third-order valence-electron chi connectivity index (χ3n) is 6.22. The second kappa shape index (κ2) is 9.92. The minimum atomic E-state index is -3.64. The summed E-state index contributed by atoms with van der Waals surface area (Å²) in [5.41, 5.74) is 1.17. The van der Waals surface area contributed by atoms with E-state index >= 15 is 0 Å². The van der Waals surface area contributed by atoms with E-state index in [9.17, 15) is 13.2 Å².